The zero-order valence-electron chi connectivity index (χ0n) is 9.43. The van der Waals surface area contributed by atoms with Crippen molar-refractivity contribution in [1.29, 1.82) is 0 Å². The van der Waals surface area contributed by atoms with Gasteiger partial charge < -0.3 is 4.90 Å². The molecule has 1 fully saturated rings. The Morgan fingerprint density at radius 3 is 2.81 bits per heavy atom. The van der Waals surface area contributed by atoms with E-state index in [1.807, 2.05) is 11.0 Å². The molecular formula is C14H17NO. The summed E-state index contributed by atoms with van der Waals surface area (Å²) >= 11 is 0. The molecule has 2 nitrogen and oxygen atoms in total. The van der Waals surface area contributed by atoms with Crippen LogP contribution in [0.15, 0.2) is 43.0 Å². The van der Waals surface area contributed by atoms with Gasteiger partial charge >= 0.3 is 0 Å². The molecule has 16 heavy (non-hydrogen) atoms. The average Bonchev–Trinajstić information content (AvgIpc) is 2.39. The summed E-state index contributed by atoms with van der Waals surface area (Å²) in [5.74, 6) is 0.541. The minimum Gasteiger partial charge on any atom is -0.339 e. The smallest absolute Gasteiger partial charge is 0.245 e. The number of likely N-dealkylation sites (tertiary alicyclic amines) is 1. The molecule has 1 aliphatic rings. The molecule has 1 aliphatic heterocycles. The second kappa shape index (κ2) is 4.97. The van der Waals surface area contributed by atoms with Gasteiger partial charge in [0.25, 0.3) is 0 Å². The van der Waals surface area contributed by atoms with E-state index in [1.165, 1.54) is 18.1 Å². The summed E-state index contributed by atoms with van der Waals surface area (Å²) in [6, 6.07) is 10.4. The first kappa shape index (κ1) is 10.9. The second-order valence-electron chi connectivity index (χ2n) is 4.24. The van der Waals surface area contributed by atoms with Crippen LogP contribution in [-0.4, -0.2) is 23.9 Å². The van der Waals surface area contributed by atoms with E-state index in [9.17, 15) is 4.79 Å². The van der Waals surface area contributed by atoms with Crippen molar-refractivity contribution in [3.05, 3.63) is 48.6 Å². The maximum Gasteiger partial charge on any atom is 0.245 e. The highest BCUT2D eigenvalue weighted by molar-refractivity contribution is 5.87. The number of nitrogens with zero attached hydrogens (tertiary/aromatic N) is 1. The Bertz CT molecular complexity index is 372. The fourth-order valence-electron chi connectivity index (χ4n) is 2.30. The molecule has 1 saturated heterocycles. The van der Waals surface area contributed by atoms with Crippen LogP contribution < -0.4 is 0 Å². The van der Waals surface area contributed by atoms with E-state index in [-0.39, 0.29) is 5.91 Å². The summed E-state index contributed by atoms with van der Waals surface area (Å²) in [4.78, 5) is 13.4. The Balaban J connectivity index is 2.07. The maximum absolute atomic E-state index is 11.6. The highest BCUT2D eigenvalue weighted by Gasteiger charge is 2.22. The molecule has 0 aliphatic carbocycles. The van der Waals surface area contributed by atoms with E-state index in [2.05, 4.69) is 30.8 Å². The molecule has 1 aromatic rings. The Morgan fingerprint density at radius 1 is 1.38 bits per heavy atom. The highest BCUT2D eigenvalue weighted by Crippen LogP contribution is 2.26. The van der Waals surface area contributed by atoms with E-state index in [4.69, 9.17) is 0 Å². The SMILES string of the molecule is C=CC(=O)N1CCCC(c2ccccc2)C1. The Hall–Kier alpha value is -1.57. The first-order valence-electron chi connectivity index (χ1n) is 5.77. The van der Waals surface area contributed by atoms with Crippen molar-refractivity contribution in [1.82, 2.24) is 4.90 Å². The van der Waals surface area contributed by atoms with Crippen LogP contribution in [0.2, 0.25) is 0 Å². The van der Waals surface area contributed by atoms with Crippen LogP contribution in [0.3, 0.4) is 0 Å². The average molecular weight is 215 g/mol. The van der Waals surface area contributed by atoms with E-state index < -0.39 is 0 Å². The second-order valence-corrected chi connectivity index (χ2v) is 4.24. The number of hydrogen-bond acceptors (Lipinski definition) is 1. The van der Waals surface area contributed by atoms with E-state index in [0.717, 1.165) is 19.5 Å². The van der Waals surface area contributed by atoms with Gasteiger partial charge in [-0.25, -0.2) is 0 Å². The van der Waals surface area contributed by atoms with Crippen molar-refractivity contribution >= 4 is 5.91 Å². The number of carbonyl (C=O) groups excluding carboxylic acids is 1. The maximum atomic E-state index is 11.6. The molecule has 84 valence electrons. The van der Waals surface area contributed by atoms with Crippen LogP contribution in [0.25, 0.3) is 0 Å². The lowest BCUT2D eigenvalue weighted by Gasteiger charge is -2.32. The van der Waals surface area contributed by atoms with Gasteiger partial charge in [0.15, 0.2) is 0 Å². The summed E-state index contributed by atoms with van der Waals surface area (Å²) in [5.41, 5.74) is 1.34. The van der Waals surface area contributed by atoms with E-state index >= 15 is 0 Å². The van der Waals surface area contributed by atoms with Crippen LogP contribution in [0.1, 0.15) is 24.3 Å². The van der Waals surface area contributed by atoms with Crippen LogP contribution in [0, 0.1) is 0 Å². The third kappa shape index (κ3) is 2.32. The van der Waals surface area contributed by atoms with Crippen molar-refractivity contribution in [2.45, 2.75) is 18.8 Å². The lowest BCUT2D eigenvalue weighted by atomic mass is 9.90. The molecule has 1 aromatic carbocycles. The zero-order valence-corrected chi connectivity index (χ0v) is 9.43. The molecule has 0 saturated carbocycles. The first-order valence-corrected chi connectivity index (χ1v) is 5.77. The minimum atomic E-state index is 0.0561. The molecule has 0 aromatic heterocycles. The van der Waals surface area contributed by atoms with Gasteiger partial charge in [-0.3, -0.25) is 4.79 Å². The predicted molar refractivity (Wildman–Crippen MR) is 65.2 cm³/mol. The van der Waals surface area contributed by atoms with Gasteiger partial charge in [0.05, 0.1) is 0 Å². The van der Waals surface area contributed by atoms with Crippen LogP contribution in [-0.2, 0) is 4.79 Å². The summed E-state index contributed by atoms with van der Waals surface area (Å²) in [6.07, 6.45) is 3.66. The van der Waals surface area contributed by atoms with Gasteiger partial charge in [0, 0.05) is 19.0 Å². The highest BCUT2D eigenvalue weighted by atomic mass is 16.2. The molecule has 2 rings (SSSR count). The van der Waals surface area contributed by atoms with Crippen molar-refractivity contribution < 1.29 is 4.79 Å². The standard InChI is InChI=1S/C14H17NO/c1-2-14(16)15-10-6-9-13(11-15)12-7-4-3-5-8-12/h2-5,7-8,13H,1,6,9-11H2. The molecule has 1 heterocycles. The normalized spacial score (nSPS) is 20.5. The van der Waals surface area contributed by atoms with Crippen molar-refractivity contribution in [3.8, 4) is 0 Å². The lowest BCUT2D eigenvalue weighted by Crippen LogP contribution is -2.38. The fourth-order valence-corrected chi connectivity index (χ4v) is 2.30. The lowest BCUT2D eigenvalue weighted by molar-refractivity contribution is -0.127. The molecule has 1 atom stereocenters. The van der Waals surface area contributed by atoms with Gasteiger partial charge in [-0.05, 0) is 24.5 Å². The molecule has 1 unspecified atom stereocenters. The topological polar surface area (TPSA) is 20.3 Å². The molecule has 1 amide bonds. The summed E-state index contributed by atoms with van der Waals surface area (Å²) < 4.78 is 0. The van der Waals surface area contributed by atoms with Gasteiger partial charge in [-0.2, -0.15) is 0 Å². The van der Waals surface area contributed by atoms with E-state index in [1.54, 1.807) is 0 Å². The van der Waals surface area contributed by atoms with Crippen LogP contribution in [0.4, 0.5) is 0 Å². The fraction of sp³-hybridized carbons (Fsp3) is 0.357. The summed E-state index contributed by atoms with van der Waals surface area (Å²) in [5, 5.41) is 0. The number of carbonyl (C=O) groups is 1. The van der Waals surface area contributed by atoms with Gasteiger partial charge in [0.1, 0.15) is 0 Å². The van der Waals surface area contributed by atoms with Crippen LogP contribution >= 0.6 is 0 Å². The number of piperidine rings is 1. The number of rotatable bonds is 2. The monoisotopic (exact) mass is 215 g/mol. The number of amides is 1. The zero-order chi connectivity index (χ0) is 11.4. The van der Waals surface area contributed by atoms with Crippen LogP contribution in [0.5, 0.6) is 0 Å². The van der Waals surface area contributed by atoms with Gasteiger partial charge in [-0.1, -0.05) is 36.9 Å². The molecule has 0 bridgehead atoms. The molecule has 2 heteroatoms. The third-order valence-electron chi connectivity index (χ3n) is 3.18. The third-order valence-corrected chi connectivity index (χ3v) is 3.18. The van der Waals surface area contributed by atoms with Gasteiger partial charge in [-0.15, -0.1) is 0 Å². The predicted octanol–water partition coefficient (Wildman–Crippen LogP) is 2.58. The summed E-state index contributed by atoms with van der Waals surface area (Å²) in [7, 11) is 0. The first-order chi connectivity index (χ1) is 7.81. The molecule has 0 spiro atoms. The molecule has 0 N–H and O–H groups in total. The Labute approximate surface area is 96.6 Å². The molecule has 0 radical (unpaired) electrons. The van der Waals surface area contributed by atoms with E-state index in [0.29, 0.717) is 5.92 Å². The minimum absolute atomic E-state index is 0.0561. The van der Waals surface area contributed by atoms with Crippen molar-refractivity contribution in [3.63, 3.8) is 0 Å². The van der Waals surface area contributed by atoms with Crippen molar-refractivity contribution in [2.75, 3.05) is 13.1 Å². The van der Waals surface area contributed by atoms with Gasteiger partial charge in [0.2, 0.25) is 5.91 Å². The Kier molecular flexibility index (Phi) is 3.40. The quantitative estimate of drug-likeness (QED) is 0.694. The largest absolute Gasteiger partial charge is 0.339 e. The molecular weight excluding hydrogens is 198 g/mol. The number of hydrogen-bond donors (Lipinski definition) is 0. The summed E-state index contributed by atoms with van der Waals surface area (Å²) in [6.45, 7) is 5.24. The Morgan fingerprint density at radius 2 is 2.12 bits per heavy atom. The number of benzene rings is 1. The van der Waals surface area contributed by atoms with Crippen molar-refractivity contribution in [2.24, 2.45) is 0 Å².